The average molecular weight is 484 g/mol. The van der Waals surface area contributed by atoms with E-state index in [-0.39, 0.29) is 5.41 Å². The van der Waals surface area contributed by atoms with Crippen LogP contribution in [0.1, 0.15) is 186 Å². The molecule has 0 spiro atoms. The van der Waals surface area contributed by atoms with E-state index in [2.05, 4.69) is 6.07 Å². The summed E-state index contributed by atoms with van der Waals surface area (Å²) in [6.07, 6.45) is 40.6. The fraction of sp³-hybridized carbons (Fsp3) is 0.971. The van der Waals surface area contributed by atoms with Gasteiger partial charge in [-0.25, -0.2) is 0 Å². The molecule has 0 saturated heterocycles. The highest BCUT2D eigenvalue weighted by atomic mass is 14.5. The first kappa shape index (κ1) is 29.1. The first-order valence-electron chi connectivity index (χ1n) is 16.8. The minimum Gasteiger partial charge on any atom is -0.198 e. The number of nitrogens with zero attached hydrogens (tertiary/aromatic N) is 1. The normalized spacial score (nSPS) is 26.0. The third kappa shape index (κ3) is 9.71. The summed E-state index contributed by atoms with van der Waals surface area (Å²) in [5, 5.41) is 11.4. The number of nitriles is 1. The van der Waals surface area contributed by atoms with Gasteiger partial charge in [0.1, 0.15) is 0 Å². The van der Waals surface area contributed by atoms with Crippen molar-refractivity contribution in [2.24, 2.45) is 23.2 Å². The van der Waals surface area contributed by atoms with Gasteiger partial charge in [0, 0.05) is 0 Å². The van der Waals surface area contributed by atoms with Crippen LogP contribution in [0.5, 0.6) is 0 Å². The summed E-state index contributed by atoms with van der Waals surface area (Å²) in [6, 6.07) is 3.31. The van der Waals surface area contributed by atoms with Crippen molar-refractivity contribution in [3.63, 3.8) is 0 Å². The zero-order chi connectivity index (χ0) is 24.4. The summed E-state index contributed by atoms with van der Waals surface area (Å²) >= 11 is 0. The predicted octanol–water partition coefficient (Wildman–Crippen LogP) is 11.7. The van der Waals surface area contributed by atoms with Crippen molar-refractivity contribution in [1.29, 1.82) is 5.26 Å². The van der Waals surface area contributed by atoms with Crippen LogP contribution in [-0.2, 0) is 0 Å². The van der Waals surface area contributed by atoms with Crippen LogP contribution in [0.4, 0.5) is 0 Å². The quantitative estimate of drug-likeness (QED) is 0.391. The van der Waals surface area contributed by atoms with Gasteiger partial charge < -0.3 is 0 Å². The van der Waals surface area contributed by atoms with Gasteiger partial charge >= 0.3 is 0 Å². The third-order valence-corrected chi connectivity index (χ3v) is 10.5. The molecule has 3 fully saturated rings. The van der Waals surface area contributed by atoms with Crippen LogP contribution in [0.2, 0.25) is 0 Å². The van der Waals surface area contributed by atoms with Gasteiger partial charge in [0.2, 0.25) is 0 Å². The fourth-order valence-corrected chi connectivity index (χ4v) is 8.49. The molecule has 3 saturated carbocycles. The first-order valence-corrected chi connectivity index (χ1v) is 16.8. The van der Waals surface area contributed by atoms with Crippen LogP contribution in [0.15, 0.2) is 0 Å². The highest BCUT2D eigenvalue weighted by molar-refractivity contribution is 5.10. The molecule has 0 heterocycles. The van der Waals surface area contributed by atoms with Gasteiger partial charge in [-0.3, -0.25) is 0 Å². The Morgan fingerprint density at radius 1 is 0.314 bits per heavy atom. The van der Waals surface area contributed by atoms with Gasteiger partial charge in [0.05, 0.1) is 11.5 Å². The largest absolute Gasteiger partial charge is 0.198 e. The summed E-state index contributed by atoms with van der Waals surface area (Å²) in [5.74, 6) is 1.98. The molecule has 1 nitrogen and oxygen atoms in total. The van der Waals surface area contributed by atoms with Gasteiger partial charge in [-0.1, -0.05) is 148 Å². The van der Waals surface area contributed by atoms with Crippen LogP contribution < -0.4 is 0 Å². The van der Waals surface area contributed by atoms with E-state index in [1.54, 1.807) is 0 Å². The lowest BCUT2D eigenvalue weighted by Gasteiger charge is -2.48. The van der Waals surface area contributed by atoms with E-state index in [9.17, 15) is 5.26 Å². The SMILES string of the molecule is N#CC(C1CCCCCCCCCC1)(C1CCCCCCCCCC1)C1CCCCCCCCC1. The van der Waals surface area contributed by atoms with Gasteiger partial charge in [-0.15, -0.1) is 0 Å². The Hall–Kier alpha value is -0.510. The van der Waals surface area contributed by atoms with Gasteiger partial charge in [0.15, 0.2) is 0 Å². The van der Waals surface area contributed by atoms with E-state index in [4.69, 9.17) is 0 Å². The minimum absolute atomic E-state index is 0.0404. The first-order chi connectivity index (χ1) is 17.4. The zero-order valence-electron chi connectivity index (χ0n) is 23.7. The third-order valence-electron chi connectivity index (χ3n) is 10.5. The van der Waals surface area contributed by atoms with E-state index >= 15 is 0 Å². The minimum atomic E-state index is -0.0404. The van der Waals surface area contributed by atoms with Crippen molar-refractivity contribution < 1.29 is 0 Å². The molecule has 3 aliphatic carbocycles. The Labute approximate surface area is 220 Å². The Bertz CT molecular complexity index is 497. The lowest BCUT2D eigenvalue weighted by Crippen LogP contribution is -2.44. The second-order valence-electron chi connectivity index (χ2n) is 13.0. The van der Waals surface area contributed by atoms with Crippen molar-refractivity contribution in [3.05, 3.63) is 0 Å². The molecule has 0 atom stereocenters. The van der Waals surface area contributed by atoms with Crippen molar-refractivity contribution in [3.8, 4) is 6.07 Å². The summed E-state index contributed by atoms with van der Waals surface area (Å²) in [6.45, 7) is 0. The molecule has 3 aliphatic rings. The molecule has 0 bridgehead atoms. The molecule has 1 heteroatoms. The van der Waals surface area contributed by atoms with Crippen LogP contribution in [0.3, 0.4) is 0 Å². The van der Waals surface area contributed by atoms with Crippen molar-refractivity contribution in [2.75, 3.05) is 0 Å². The standard InChI is InChI=1S/C34H61N/c35-30-34(33-28-22-16-10-5-11-17-23-29-33,31-24-18-12-6-1-2-7-13-19-25-31)32-26-20-14-8-3-4-9-15-21-27-32/h31-33H,1-29H2. The van der Waals surface area contributed by atoms with E-state index in [1.165, 1.54) is 186 Å². The zero-order valence-corrected chi connectivity index (χ0v) is 23.7. The summed E-state index contributed by atoms with van der Waals surface area (Å²) in [5.41, 5.74) is -0.0404. The number of hydrogen-bond donors (Lipinski definition) is 0. The fourth-order valence-electron chi connectivity index (χ4n) is 8.49. The van der Waals surface area contributed by atoms with Gasteiger partial charge in [-0.2, -0.15) is 5.26 Å². The maximum absolute atomic E-state index is 11.4. The molecule has 0 aromatic rings. The Morgan fingerprint density at radius 3 is 0.657 bits per heavy atom. The summed E-state index contributed by atoms with van der Waals surface area (Å²) in [7, 11) is 0. The molecule has 0 amide bonds. The summed E-state index contributed by atoms with van der Waals surface area (Å²) < 4.78 is 0. The van der Waals surface area contributed by atoms with Gasteiger partial charge in [0.25, 0.3) is 0 Å². The lowest BCUT2D eigenvalue weighted by molar-refractivity contribution is 0.0215. The highest BCUT2D eigenvalue weighted by Gasteiger charge is 2.49. The number of rotatable bonds is 3. The molecule has 0 unspecified atom stereocenters. The monoisotopic (exact) mass is 483 g/mol. The van der Waals surface area contributed by atoms with Gasteiger partial charge in [-0.05, 0) is 56.3 Å². The second kappa shape index (κ2) is 17.9. The smallest absolute Gasteiger partial charge is 0.0698 e. The van der Waals surface area contributed by atoms with Crippen LogP contribution in [-0.4, -0.2) is 0 Å². The number of hydrogen-bond acceptors (Lipinski definition) is 1. The van der Waals surface area contributed by atoms with E-state index in [0.29, 0.717) is 17.8 Å². The van der Waals surface area contributed by atoms with Crippen LogP contribution >= 0.6 is 0 Å². The molecule has 0 N–H and O–H groups in total. The Balaban J connectivity index is 1.90. The van der Waals surface area contributed by atoms with Crippen molar-refractivity contribution in [2.45, 2.75) is 186 Å². The molecular weight excluding hydrogens is 422 g/mol. The molecule has 35 heavy (non-hydrogen) atoms. The molecule has 0 aliphatic heterocycles. The second-order valence-corrected chi connectivity index (χ2v) is 13.0. The maximum atomic E-state index is 11.4. The highest BCUT2D eigenvalue weighted by Crippen LogP contribution is 2.54. The maximum Gasteiger partial charge on any atom is 0.0698 e. The summed E-state index contributed by atoms with van der Waals surface area (Å²) in [4.78, 5) is 0. The molecule has 0 aromatic carbocycles. The predicted molar refractivity (Wildman–Crippen MR) is 152 cm³/mol. The van der Waals surface area contributed by atoms with Crippen molar-refractivity contribution >= 4 is 0 Å². The van der Waals surface area contributed by atoms with E-state index < -0.39 is 0 Å². The molecule has 3 rings (SSSR count). The van der Waals surface area contributed by atoms with E-state index in [1.807, 2.05) is 0 Å². The molecule has 0 radical (unpaired) electrons. The molecule has 0 aromatic heterocycles. The Morgan fingerprint density at radius 2 is 0.486 bits per heavy atom. The Kier molecular flexibility index (Phi) is 14.8. The van der Waals surface area contributed by atoms with E-state index in [0.717, 1.165) is 0 Å². The van der Waals surface area contributed by atoms with Crippen LogP contribution in [0, 0.1) is 34.5 Å². The lowest BCUT2D eigenvalue weighted by atomic mass is 9.54. The topological polar surface area (TPSA) is 23.8 Å². The molecular formula is C34H61N. The average Bonchev–Trinajstić information content (AvgIpc) is 2.99. The van der Waals surface area contributed by atoms with Crippen LogP contribution in [0.25, 0.3) is 0 Å². The molecule has 202 valence electrons. The van der Waals surface area contributed by atoms with Crippen molar-refractivity contribution in [1.82, 2.24) is 0 Å².